The summed E-state index contributed by atoms with van der Waals surface area (Å²) in [6.45, 7) is 0.526. The summed E-state index contributed by atoms with van der Waals surface area (Å²) < 4.78 is 6.42. The third kappa shape index (κ3) is 3.49. The number of para-hydroxylation sites is 1. The highest BCUT2D eigenvalue weighted by atomic mass is 32.1. The Bertz CT molecular complexity index is 1080. The average molecular weight is 377 g/mol. The lowest BCUT2D eigenvalue weighted by atomic mass is 10.0. The van der Waals surface area contributed by atoms with Crippen molar-refractivity contribution in [2.45, 2.75) is 13.2 Å². The van der Waals surface area contributed by atoms with Gasteiger partial charge in [-0.25, -0.2) is 9.97 Å². The van der Waals surface area contributed by atoms with E-state index in [4.69, 9.17) is 9.72 Å². The first-order valence-electron chi connectivity index (χ1n) is 8.60. The van der Waals surface area contributed by atoms with Crippen LogP contribution < -0.4 is 10.1 Å². The van der Waals surface area contributed by atoms with Gasteiger partial charge in [-0.1, -0.05) is 42.5 Å². The average Bonchev–Trinajstić information content (AvgIpc) is 3.20. The number of hydrogen-bond acceptors (Lipinski definition) is 6. The van der Waals surface area contributed by atoms with Gasteiger partial charge in [-0.15, -0.1) is 11.3 Å². The van der Waals surface area contributed by atoms with E-state index in [-0.39, 0.29) is 6.61 Å². The number of hydrogen-bond donors (Lipinski definition) is 2. The summed E-state index contributed by atoms with van der Waals surface area (Å²) in [7, 11) is 1.66. The van der Waals surface area contributed by atoms with Crippen molar-refractivity contribution in [3.8, 4) is 17.0 Å². The number of nitrogens with one attached hydrogen (secondary N) is 1. The second-order valence-corrected chi connectivity index (χ2v) is 6.93. The number of methoxy groups -OCH3 is 1. The van der Waals surface area contributed by atoms with Crippen LogP contribution in [0, 0.1) is 0 Å². The molecule has 0 radical (unpaired) electrons. The number of aliphatic hydroxyl groups excluding tert-OH is 1. The molecule has 2 heterocycles. The molecule has 0 unspecified atom stereocenters. The SMILES string of the molecule is COc1ccccc1CNc1nc(-c2ccccc2CO)c2sccc2n1. The van der Waals surface area contributed by atoms with Gasteiger partial charge in [0.15, 0.2) is 0 Å². The maximum Gasteiger partial charge on any atom is 0.224 e. The molecular formula is C21H19N3O2S. The minimum Gasteiger partial charge on any atom is -0.496 e. The van der Waals surface area contributed by atoms with Crippen molar-refractivity contribution in [3.63, 3.8) is 0 Å². The van der Waals surface area contributed by atoms with Gasteiger partial charge in [0.25, 0.3) is 0 Å². The molecule has 0 saturated carbocycles. The fourth-order valence-corrected chi connectivity index (χ4v) is 3.87. The van der Waals surface area contributed by atoms with Crippen LogP contribution in [0.3, 0.4) is 0 Å². The normalized spacial score (nSPS) is 10.9. The molecule has 4 rings (SSSR count). The molecule has 6 heteroatoms. The van der Waals surface area contributed by atoms with Crippen molar-refractivity contribution >= 4 is 27.5 Å². The summed E-state index contributed by atoms with van der Waals surface area (Å²) in [5.41, 5.74) is 4.53. The summed E-state index contributed by atoms with van der Waals surface area (Å²) in [6.07, 6.45) is 0. The Morgan fingerprint density at radius 3 is 2.59 bits per heavy atom. The predicted octanol–water partition coefficient (Wildman–Crippen LogP) is 4.47. The van der Waals surface area contributed by atoms with Crippen molar-refractivity contribution in [1.29, 1.82) is 0 Å². The van der Waals surface area contributed by atoms with Crippen LogP contribution in [0.25, 0.3) is 21.5 Å². The molecule has 0 fully saturated rings. The summed E-state index contributed by atoms with van der Waals surface area (Å²) >= 11 is 1.60. The number of benzene rings is 2. The van der Waals surface area contributed by atoms with Gasteiger partial charge in [-0.05, 0) is 23.1 Å². The standard InChI is InChI=1S/C21H19N3O2S/c1-26-18-9-5-3-6-14(18)12-22-21-23-17-10-11-27-20(17)19(24-21)16-8-4-2-7-15(16)13-25/h2-11,25H,12-13H2,1H3,(H,22,23,24). The number of ether oxygens (including phenoxy) is 1. The van der Waals surface area contributed by atoms with Crippen LogP contribution in [0.4, 0.5) is 5.95 Å². The number of aromatic nitrogens is 2. The highest BCUT2D eigenvalue weighted by Crippen LogP contribution is 2.33. The third-order valence-electron chi connectivity index (χ3n) is 4.38. The summed E-state index contributed by atoms with van der Waals surface area (Å²) in [6, 6.07) is 17.6. The topological polar surface area (TPSA) is 67.3 Å². The highest BCUT2D eigenvalue weighted by molar-refractivity contribution is 7.17. The van der Waals surface area contributed by atoms with Crippen LogP contribution in [0.5, 0.6) is 5.75 Å². The lowest BCUT2D eigenvalue weighted by molar-refractivity contribution is 0.282. The number of anilines is 1. The van der Waals surface area contributed by atoms with Gasteiger partial charge in [0.1, 0.15) is 5.75 Å². The second-order valence-electron chi connectivity index (χ2n) is 6.01. The molecule has 2 aromatic carbocycles. The Morgan fingerprint density at radius 1 is 1.00 bits per heavy atom. The molecule has 2 N–H and O–H groups in total. The number of nitrogens with zero attached hydrogens (tertiary/aromatic N) is 2. The molecule has 0 aliphatic heterocycles. The molecule has 0 atom stereocenters. The Labute approximate surface area is 161 Å². The first-order chi connectivity index (χ1) is 13.3. The number of aliphatic hydroxyl groups is 1. The lowest BCUT2D eigenvalue weighted by Gasteiger charge is -2.12. The summed E-state index contributed by atoms with van der Waals surface area (Å²) in [5.74, 6) is 1.38. The molecule has 4 aromatic rings. The minimum absolute atomic E-state index is 0.0307. The van der Waals surface area contributed by atoms with E-state index in [1.165, 1.54) is 0 Å². The van der Waals surface area contributed by atoms with Crippen LogP contribution in [-0.4, -0.2) is 22.2 Å². The van der Waals surface area contributed by atoms with E-state index in [0.717, 1.165) is 38.4 Å². The van der Waals surface area contributed by atoms with E-state index in [1.807, 2.05) is 60.0 Å². The van der Waals surface area contributed by atoms with Crippen LogP contribution in [-0.2, 0) is 13.2 Å². The number of rotatable bonds is 6. The molecular weight excluding hydrogens is 358 g/mol. The van der Waals surface area contributed by atoms with E-state index in [9.17, 15) is 5.11 Å². The van der Waals surface area contributed by atoms with Crippen LogP contribution in [0.2, 0.25) is 0 Å². The first kappa shape index (κ1) is 17.5. The van der Waals surface area contributed by atoms with Gasteiger partial charge in [0, 0.05) is 17.7 Å². The van der Waals surface area contributed by atoms with Crippen molar-refractivity contribution in [2.75, 3.05) is 12.4 Å². The largest absolute Gasteiger partial charge is 0.496 e. The molecule has 5 nitrogen and oxygen atoms in total. The first-order valence-corrected chi connectivity index (χ1v) is 9.48. The van der Waals surface area contributed by atoms with Crippen molar-refractivity contribution in [1.82, 2.24) is 9.97 Å². The Balaban J connectivity index is 1.73. The fourth-order valence-electron chi connectivity index (χ4n) is 3.04. The van der Waals surface area contributed by atoms with Crippen molar-refractivity contribution in [3.05, 3.63) is 71.1 Å². The maximum absolute atomic E-state index is 9.71. The Hall–Kier alpha value is -2.96. The van der Waals surface area contributed by atoms with Crippen molar-refractivity contribution in [2.24, 2.45) is 0 Å². The van der Waals surface area contributed by atoms with E-state index in [1.54, 1.807) is 18.4 Å². The third-order valence-corrected chi connectivity index (χ3v) is 5.29. The summed E-state index contributed by atoms with van der Waals surface area (Å²) in [5, 5.41) is 15.0. The maximum atomic E-state index is 9.71. The molecule has 0 amide bonds. The van der Waals surface area contributed by atoms with Crippen LogP contribution in [0.15, 0.2) is 60.0 Å². The monoisotopic (exact) mass is 377 g/mol. The lowest BCUT2D eigenvalue weighted by Crippen LogP contribution is -2.06. The zero-order valence-corrected chi connectivity index (χ0v) is 15.7. The van der Waals surface area contributed by atoms with Gasteiger partial charge in [-0.2, -0.15) is 0 Å². The molecule has 27 heavy (non-hydrogen) atoms. The van der Waals surface area contributed by atoms with Gasteiger partial charge >= 0.3 is 0 Å². The van der Waals surface area contributed by atoms with Crippen LogP contribution in [0.1, 0.15) is 11.1 Å². The molecule has 0 spiro atoms. The predicted molar refractivity (Wildman–Crippen MR) is 109 cm³/mol. The molecule has 2 aromatic heterocycles. The van der Waals surface area contributed by atoms with Crippen molar-refractivity contribution < 1.29 is 9.84 Å². The quantitative estimate of drug-likeness (QED) is 0.519. The van der Waals surface area contributed by atoms with Crippen LogP contribution >= 0.6 is 11.3 Å². The number of fused-ring (bicyclic) bond motifs is 1. The van der Waals surface area contributed by atoms with Gasteiger partial charge in [0.05, 0.1) is 29.6 Å². The van der Waals surface area contributed by atoms with E-state index in [2.05, 4.69) is 10.3 Å². The van der Waals surface area contributed by atoms with E-state index < -0.39 is 0 Å². The molecule has 0 saturated heterocycles. The molecule has 136 valence electrons. The number of thiophene rings is 1. The zero-order valence-electron chi connectivity index (χ0n) is 14.8. The zero-order chi connectivity index (χ0) is 18.6. The summed E-state index contributed by atoms with van der Waals surface area (Å²) in [4.78, 5) is 9.39. The van der Waals surface area contributed by atoms with E-state index in [0.29, 0.717) is 12.5 Å². The Morgan fingerprint density at radius 2 is 1.78 bits per heavy atom. The van der Waals surface area contributed by atoms with Gasteiger partial charge in [-0.3, -0.25) is 0 Å². The van der Waals surface area contributed by atoms with E-state index >= 15 is 0 Å². The van der Waals surface area contributed by atoms with Gasteiger partial charge < -0.3 is 15.2 Å². The minimum atomic E-state index is -0.0307. The molecule has 0 aliphatic carbocycles. The second kappa shape index (κ2) is 7.73. The fraction of sp³-hybridized carbons (Fsp3) is 0.143. The van der Waals surface area contributed by atoms with Gasteiger partial charge in [0.2, 0.25) is 5.95 Å². The Kier molecular flexibility index (Phi) is 5.00. The highest BCUT2D eigenvalue weighted by Gasteiger charge is 2.14. The molecule has 0 aliphatic rings. The smallest absolute Gasteiger partial charge is 0.224 e. The molecule has 0 bridgehead atoms.